The molecular formula is C87H132Cs2IN9O16. The maximum absolute atomic E-state index is 13.4. The molecular weight excluding hydrogens is 1820 g/mol. The molecule has 0 spiro atoms. The Morgan fingerprint density at radius 1 is 0.574 bits per heavy atom. The van der Waals surface area contributed by atoms with Gasteiger partial charge in [-0.1, -0.05) is 154 Å². The summed E-state index contributed by atoms with van der Waals surface area (Å²) in [5.41, 5.74) is 17.4. The summed E-state index contributed by atoms with van der Waals surface area (Å²) in [4.78, 5) is 122. The van der Waals surface area contributed by atoms with Gasteiger partial charge in [0.05, 0.1) is 43.5 Å². The number of carbonyl (C=O) groups excluding carboxylic acids is 7. The Morgan fingerprint density at radius 2 is 0.930 bits per heavy atom. The van der Waals surface area contributed by atoms with E-state index in [1.807, 2.05) is 72.7 Å². The van der Waals surface area contributed by atoms with Gasteiger partial charge in [0.1, 0.15) is 5.71 Å². The Labute approximate surface area is 817 Å². The number of carboxylic acid groups (broad SMARTS) is 1. The summed E-state index contributed by atoms with van der Waals surface area (Å²) in [6.45, 7) is 36.9. The number of non-ortho nitro benzene ring substituents is 2. The van der Waals surface area contributed by atoms with E-state index in [1.54, 1.807) is 18.2 Å². The van der Waals surface area contributed by atoms with E-state index in [1.165, 1.54) is 29.0 Å². The fraction of sp³-hybridized carbons (Fsp3) is 0.598. The summed E-state index contributed by atoms with van der Waals surface area (Å²) < 4.78 is 1.30. The zero-order chi connectivity index (χ0) is 84.4. The molecule has 6 N–H and O–H groups in total. The third-order valence-electron chi connectivity index (χ3n) is 22.2. The smallest absolute Gasteiger partial charge is 1.00 e. The van der Waals surface area contributed by atoms with Gasteiger partial charge >= 0.3 is 138 Å². The van der Waals surface area contributed by atoms with Crippen molar-refractivity contribution in [2.45, 2.75) is 288 Å². The van der Waals surface area contributed by atoms with Crippen molar-refractivity contribution in [2.24, 2.45) is 28.8 Å². The van der Waals surface area contributed by atoms with Gasteiger partial charge in [0, 0.05) is 97.7 Å². The number of aliphatic hydroxyl groups is 1. The summed E-state index contributed by atoms with van der Waals surface area (Å²) >= 11 is 2.40. The second-order valence-electron chi connectivity index (χ2n) is 30.9. The minimum Gasteiger partial charge on any atom is -1.00 e. The van der Waals surface area contributed by atoms with Gasteiger partial charge in [-0.25, -0.2) is 0 Å². The van der Waals surface area contributed by atoms with Crippen LogP contribution in [0.25, 0.3) is 0 Å². The predicted octanol–water partition coefficient (Wildman–Crippen LogP) is 13.5. The molecule has 2 saturated carbocycles. The van der Waals surface area contributed by atoms with Crippen molar-refractivity contribution < 1.29 is 208 Å². The van der Waals surface area contributed by atoms with Crippen LogP contribution in [0.2, 0.25) is 0 Å². The van der Waals surface area contributed by atoms with Gasteiger partial charge in [-0.05, 0) is 214 Å². The number of nitrogens with two attached hydrogens (primary N) is 1. The number of nitrogen functional groups attached to an aromatic ring is 1. The Morgan fingerprint density at radius 3 is 1.30 bits per heavy atom. The number of fused-ring (bicyclic) bond motifs is 4. The summed E-state index contributed by atoms with van der Waals surface area (Å²) in [5.74, 6) is 2.50. The predicted molar refractivity (Wildman–Crippen MR) is 461 cm³/mol. The zero-order valence-electron chi connectivity index (χ0n) is 72.5. The van der Waals surface area contributed by atoms with Gasteiger partial charge in [0.2, 0.25) is 23.6 Å². The van der Waals surface area contributed by atoms with Crippen molar-refractivity contribution in [1.29, 1.82) is 0 Å². The molecule has 2 fully saturated rings. The molecule has 0 saturated heterocycles. The molecule has 0 atom stereocenters. The number of hydrogen-bond donors (Lipinski definition) is 5. The van der Waals surface area contributed by atoms with E-state index in [0.717, 1.165) is 179 Å². The van der Waals surface area contributed by atoms with Gasteiger partial charge in [0.15, 0.2) is 11.6 Å². The number of aliphatic carboxylic acids is 1. The van der Waals surface area contributed by atoms with E-state index in [0.29, 0.717) is 79.8 Å². The molecule has 4 aliphatic heterocycles. The van der Waals surface area contributed by atoms with Crippen molar-refractivity contribution in [1.82, 2.24) is 0 Å². The minimum absolute atomic E-state index is 0. The average molecular weight is 1950 g/mol. The average Bonchev–Trinajstić information content (AvgIpc) is 1.60. The Kier molecular flexibility index (Phi) is 52.5. The van der Waals surface area contributed by atoms with Gasteiger partial charge in [-0.15, -0.1) is 0 Å². The Bertz CT molecular complexity index is 3890. The number of allylic oxidation sites excluding steroid dienone is 1. The van der Waals surface area contributed by atoms with Crippen LogP contribution in [0, 0.1) is 43.9 Å². The van der Waals surface area contributed by atoms with Crippen molar-refractivity contribution in [3.05, 3.63) is 127 Å². The van der Waals surface area contributed by atoms with Crippen LogP contribution in [-0.2, 0) is 64.9 Å². The number of hydrazone groups is 1. The number of carboxylic acids is 1. The number of nitrogens with one attached hydrogen (secondary N) is 2. The largest absolute Gasteiger partial charge is 1.00 e. The van der Waals surface area contributed by atoms with Gasteiger partial charge < -0.3 is 47.5 Å². The molecule has 4 aromatic rings. The molecule has 0 unspecified atom stereocenters. The third-order valence-corrected chi connectivity index (χ3v) is 22.8. The van der Waals surface area contributed by atoms with Crippen molar-refractivity contribution in [3.8, 4) is 0 Å². The summed E-state index contributed by atoms with van der Waals surface area (Å²) in [6, 6.07) is 21.4. The first-order valence-corrected chi connectivity index (χ1v) is 41.7. The van der Waals surface area contributed by atoms with Crippen LogP contribution in [0.5, 0.6) is 0 Å². The molecule has 0 bridgehead atoms. The van der Waals surface area contributed by atoms with Crippen LogP contribution >= 0.6 is 22.6 Å². The molecule has 630 valence electrons. The van der Waals surface area contributed by atoms with Crippen molar-refractivity contribution in [2.75, 3.05) is 55.2 Å². The third kappa shape index (κ3) is 29.9. The molecule has 2 aliphatic carbocycles. The summed E-state index contributed by atoms with van der Waals surface area (Å²) in [5, 5.41) is 53.5. The monoisotopic (exact) mass is 1950 g/mol. The van der Waals surface area contributed by atoms with Crippen LogP contribution in [0.3, 0.4) is 0 Å². The number of benzene rings is 4. The number of amides is 4. The second-order valence-corrected chi connectivity index (χ2v) is 31.9. The van der Waals surface area contributed by atoms with Crippen molar-refractivity contribution in [3.63, 3.8) is 0 Å². The topological polar surface area (TPSA) is 368 Å². The zero-order valence-corrected chi connectivity index (χ0v) is 86.2. The van der Waals surface area contributed by atoms with E-state index in [2.05, 4.69) is 132 Å². The quantitative estimate of drug-likeness (QED) is 0.00415. The maximum atomic E-state index is 13.4. The van der Waals surface area contributed by atoms with Crippen LogP contribution in [0.4, 0.5) is 45.5 Å². The number of nitro benzene ring substituents is 2. The number of rotatable bonds is 24. The van der Waals surface area contributed by atoms with Crippen molar-refractivity contribution >= 4 is 121 Å². The van der Waals surface area contributed by atoms with E-state index in [-0.39, 0.29) is 205 Å². The van der Waals surface area contributed by atoms with E-state index < -0.39 is 32.1 Å². The molecule has 6 aliphatic rings. The standard InChI is InChI=1S/C24H35N3O2.C17H24N2O3.C17H26N2O.C12H14N2O3.C8H12O2.C5H11I.C2H4O2.CH2O3.CH4.2Cs.H/c1-5-24(6-2)19-16-18(25-26-20-10-8-7-9-11-22(20)28)12-13-21(19)27(23(24)29)15-14-17(3)4;1-5-17(6-2)14-11-13(19(21)22)7-8-15(14)18(16(17)20)10-9-12(3)4;1-5-17(6-2)14-11-13(18)7-8-15(14)19(16(17)20)10-9-12(3)4;1-3-12(4-2)9-7-8(14(16)17)5-6-10(9)13-11(12)15;9-6-7-4-2-1-3-5-8(7)10;1-5(2)3-4-6;1-2(3)4;2-1-4-3;;;;/h12-13,16-17,25H,5-11,14-15H2,1-4H3;7-8,11-12H,5-6,9-10H2,1-4H3;7-8,11-12H,5-6,9-10,18H2,1-4H3;5-7H,3-4H2,1-2H3,(H,13,15);6,9H,1-5H2;5H,3-4H2,1-2H3;1H3,(H,3,4);1,3H;1H4;;;/q;;;;;;;;;2*+1;-1/p-1/b26-20+;;;;7-6-;;;;;;;. The molecule has 0 radical (unpaired) electrons. The Hall–Kier alpha value is -4.56. The van der Waals surface area contributed by atoms with Crippen LogP contribution in [0.1, 0.15) is 290 Å². The molecule has 25 nitrogen and oxygen atoms in total. The molecule has 4 amide bonds. The number of ketones is 2. The van der Waals surface area contributed by atoms with E-state index in [4.69, 9.17) is 30.8 Å². The normalized spacial score (nSPS) is 16.7. The summed E-state index contributed by atoms with van der Waals surface area (Å²) in [6.07, 6.45) is 20.0. The number of alkyl halides is 1. The van der Waals surface area contributed by atoms with Crippen LogP contribution in [0.15, 0.2) is 89.7 Å². The van der Waals surface area contributed by atoms with Crippen LogP contribution < -0.4 is 174 Å². The number of anilines is 6. The number of aliphatic hydroxyl groups excluding tert-OH is 1. The molecule has 10 rings (SSSR count). The molecule has 4 aromatic carbocycles. The first-order chi connectivity index (χ1) is 53.1. The van der Waals surface area contributed by atoms with E-state index in [9.17, 15) is 49.0 Å². The second kappa shape index (κ2) is 54.7. The van der Waals surface area contributed by atoms with Gasteiger partial charge in [-0.2, -0.15) is 5.10 Å². The number of Topliss-reactive ketones (excluding diaryl/α,β-unsaturated/α-hetero) is 2. The summed E-state index contributed by atoms with van der Waals surface area (Å²) in [7, 11) is 0. The number of nitrogens with zero attached hydrogens (tertiary/aromatic N) is 6. The maximum Gasteiger partial charge on any atom is 1.00 e. The SMILES string of the molecule is C.CC(=O)O.CC(C)CCI.CCC1(CC)C(=O)N(CCC(C)C)c2ccc(N)cc21.CCC1(CC)C(=O)N(CCC(C)C)c2ccc(N/N=C3\CCCCCC3=O)cc21.CCC1(CC)C(=O)N(CCC(C)C)c2ccc([N+](=O)[O-])cc21.CCC1(CC)C(=O)Nc2ccc([N+](=O)[O-])cc21.O=C1CCCCC/C1=C/O.O=CO[O-].[Cs+].[Cs+].[H-]. The molecule has 115 heavy (non-hydrogen) atoms. The number of hydrogen-bond acceptors (Lipinski definition) is 18. The first-order valence-electron chi connectivity index (χ1n) is 40.2. The molecule has 4 heterocycles. The Balaban J connectivity index is 0. The minimum atomic E-state index is -0.833. The number of halogens is 1. The fourth-order valence-corrected chi connectivity index (χ4v) is 16.2. The van der Waals surface area contributed by atoms with Gasteiger partial charge in [0.25, 0.3) is 23.8 Å². The number of carbonyl (C=O) groups is 8. The molecule has 28 heteroatoms. The fourth-order valence-electron chi connectivity index (χ4n) is 14.9. The van der Waals surface area contributed by atoms with E-state index >= 15 is 0 Å². The number of nitro groups is 2. The first kappa shape index (κ1) is 110. The van der Waals surface area contributed by atoms with Gasteiger partial charge in [-0.3, -0.25) is 64.0 Å². The molecule has 0 aromatic heterocycles. The van der Waals surface area contributed by atoms with Crippen LogP contribution in [-0.4, -0.2) is 97.5 Å².